The predicted octanol–water partition coefficient (Wildman–Crippen LogP) is 3.44. The van der Waals surface area contributed by atoms with E-state index in [4.69, 9.17) is 9.84 Å². The first kappa shape index (κ1) is 14.0. The summed E-state index contributed by atoms with van der Waals surface area (Å²) in [6.45, 7) is 1.75. The van der Waals surface area contributed by atoms with Gasteiger partial charge in [-0.2, -0.15) is 0 Å². The summed E-state index contributed by atoms with van der Waals surface area (Å²) in [6, 6.07) is 11.9. The fraction of sp³-hybridized carbons (Fsp3) is 0.200. The number of aliphatic hydroxyl groups is 1. The highest BCUT2D eigenvalue weighted by Gasteiger charge is 2.17. The first-order valence-corrected chi connectivity index (χ1v) is 6.29. The van der Waals surface area contributed by atoms with Gasteiger partial charge < -0.3 is 9.84 Å². The molecule has 5 heteroatoms. The molecular weight excluding hydrogens is 258 g/mol. The Hall–Kier alpha value is -2.40. The zero-order chi connectivity index (χ0) is 14.5. The van der Waals surface area contributed by atoms with Crippen LogP contribution in [0.25, 0.3) is 0 Å². The molecule has 0 fully saturated rings. The second-order valence-electron chi connectivity index (χ2n) is 4.28. The molecule has 0 aliphatic carbocycles. The second kappa shape index (κ2) is 6.16. The van der Waals surface area contributed by atoms with Crippen molar-refractivity contribution in [3.63, 3.8) is 0 Å². The largest absolute Gasteiger partial charge is 0.450 e. The van der Waals surface area contributed by atoms with Crippen molar-refractivity contribution < 1.29 is 14.8 Å². The molecule has 0 aromatic heterocycles. The lowest BCUT2D eigenvalue weighted by Gasteiger charge is -2.10. The summed E-state index contributed by atoms with van der Waals surface area (Å²) in [5, 5.41) is 20.1. The van der Waals surface area contributed by atoms with Crippen molar-refractivity contribution in [3.05, 3.63) is 63.7 Å². The molecule has 2 rings (SSSR count). The molecule has 0 heterocycles. The van der Waals surface area contributed by atoms with Gasteiger partial charge in [0.15, 0.2) is 0 Å². The van der Waals surface area contributed by atoms with E-state index in [1.54, 1.807) is 12.1 Å². The minimum atomic E-state index is -0.511. The van der Waals surface area contributed by atoms with Crippen molar-refractivity contribution in [2.75, 3.05) is 0 Å². The molecule has 2 aromatic rings. The maximum Gasteiger partial charge on any atom is 0.311 e. The maximum atomic E-state index is 11.1. The van der Waals surface area contributed by atoms with E-state index in [0.29, 0.717) is 11.3 Å². The zero-order valence-corrected chi connectivity index (χ0v) is 11.1. The van der Waals surface area contributed by atoms with Crippen LogP contribution in [0.4, 0.5) is 5.69 Å². The van der Waals surface area contributed by atoms with Crippen LogP contribution in [0.1, 0.15) is 18.1 Å². The average molecular weight is 273 g/mol. The quantitative estimate of drug-likeness (QED) is 0.669. The summed E-state index contributed by atoms with van der Waals surface area (Å²) in [6.07, 6.45) is 0.776. The Balaban J connectivity index is 2.40. The zero-order valence-electron chi connectivity index (χ0n) is 11.1. The Kier molecular flexibility index (Phi) is 4.32. The van der Waals surface area contributed by atoms with Crippen LogP contribution in [-0.4, -0.2) is 10.0 Å². The number of para-hydroxylation sites is 1. The minimum Gasteiger partial charge on any atom is -0.450 e. The molecule has 0 aliphatic heterocycles. The van der Waals surface area contributed by atoms with Crippen LogP contribution < -0.4 is 4.74 Å². The van der Waals surface area contributed by atoms with Crippen LogP contribution in [0.5, 0.6) is 11.5 Å². The molecule has 0 unspecified atom stereocenters. The number of rotatable bonds is 5. The Bertz CT molecular complexity index is 625. The summed E-state index contributed by atoms with van der Waals surface area (Å²) < 4.78 is 5.67. The van der Waals surface area contributed by atoms with Crippen molar-refractivity contribution >= 4 is 5.69 Å². The topological polar surface area (TPSA) is 72.6 Å². The highest BCUT2D eigenvalue weighted by molar-refractivity contribution is 5.51. The van der Waals surface area contributed by atoms with Crippen LogP contribution in [0.2, 0.25) is 0 Å². The fourth-order valence-corrected chi connectivity index (χ4v) is 1.90. The van der Waals surface area contributed by atoms with Crippen LogP contribution in [0.3, 0.4) is 0 Å². The summed E-state index contributed by atoms with van der Waals surface area (Å²) >= 11 is 0. The molecular formula is C15H15NO4. The third-order valence-corrected chi connectivity index (χ3v) is 2.98. The number of aryl methyl sites for hydroxylation is 1. The van der Waals surface area contributed by atoms with Gasteiger partial charge in [0.2, 0.25) is 5.75 Å². The lowest BCUT2D eigenvalue weighted by atomic mass is 10.1. The third kappa shape index (κ3) is 2.95. The van der Waals surface area contributed by atoms with E-state index >= 15 is 0 Å². The lowest BCUT2D eigenvalue weighted by molar-refractivity contribution is -0.385. The summed E-state index contributed by atoms with van der Waals surface area (Å²) in [4.78, 5) is 10.6. The minimum absolute atomic E-state index is 0.151. The number of hydrogen-bond acceptors (Lipinski definition) is 4. The number of nitrogens with zero attached hydrogens (tertiary/aromatic N) is 1. The van der Waals surface area contributed by atoms with E-state index in [-0.39, 0.29) is 18.0 Å². The lowest BCUT2D eigenvalue weighted by Crippen LogP contribution is -1.97. The number of nitro groups is 1. The average Bonchev–Trinajstić information content (AvgIpc) is 2.48. The summed E-state index contributed by atoms with van der Waals surface area (Å²) in [5.41, 5.74) is 1.31. The Morgan fingerprint density at radius 3 is 2.60 bits per heavy atom. The van der Waals surface area contributed by atoms with E-state index in [1.807, 2.05) is 25.1 Å². The van der Waals surface area contributed by atoms with Gasteiger partial charge in [0.05, 0.1) is 11.5 Å². The van der Waals surface area contributed by atoms with Gasteiger partial charge >= 0.3 is 5.69 Å². The number of hydrogen-bond donors (Lipinski definition) is 1. The van der Waals surface area contributed by atoms with Gasteiger partial charge in [0.25, 0.3) is 0 Å². The van der Waals surface area contributed by atoms with Crippen LogP contribution >= 0.6 is 0 Å². The molecule has 0 spiro atoms. The molecule has 1 N–H and O–H groups in total. The number of aliphatic hydroxyl groups excluding tert-OH is 1. The van der Waals surface area contributed by atoms with Gasteiger partial charge in [-0.25, -0.2) is 0 Å². The Morgan fingerprint density at radius 1 is 1.20 bits per heavy atom. The first-order valence-electron chi connectivity index (χ1n) is 6.29. The van der Waals surface area contributed by atoms with Gasteiger partial charge in [-0.05, 0) is 29.7 Å². The smallest absolute Gasteiger partial charge is 0.311 e. The number of nitro benzene ring substituents is 1. The molecule has 0 bridgehead atoms. The fourth-order valence-electron chi connectivity index (χ4n) is 1.90. The van der Waals surface area contributed by atoms with Crippen molar-refractivity contribution in [1.82, 2.24) is 0 Å². The van der Waals surface area contributed by atoms with Crippen molar-refractivity contribution in [2.45, 2.75) is 20.0 Å². The predicted molar refractivity (Wildman–Crippen MR) is 74.9 cm³/mol. The molecule has 0 aliphatic rings. The normalized spacial score (nSPS) is 10.3. The van der Waals surface area contributed by atoms with Crippen molar-refractivity contribution in [2.24, 2.45) is 0 Å². The van der Waals surface area contributed by atoms with E-state index in [0.717, 1.165) is 12.0 Å². The highest BCUT2D eigenvalue weighted by atomic mass is 16.6. The molecule has 0 saturated carbocycles. The van der Waals surface area contributed by atoms with Gasteiger partial charge in [-0.1, -0.05) is 31.2 Å². The van der Waals surface area contributed by atoms with Crippen LogP contribution in [0, 0.1) is 10.1 Å². The van der Waals surface area contributed by atoms with Gasteiger partial charge in [0, 0.05) is 6.07 Å². The van der Waals surface area contributed by atoms with E-state index in [2.05, 4.69) is 0 Å². The highest BCUT2D eigenvalue weighted by Crippen LogP contribution is 2.33. The molecule has 20 heavy (non-hydrogen) atoms. The standard InChI is InChI=1S/C15H15NO4/c1-2-12-5-3-4-6-14(12)20-15-8-7-11(10-17)9-13(15)16(18)19/h3-9,17H,2,10H2,1H3. The molecule has 0 saturated heterocycles. The van der Waals surface area contributed by atoms with E-state index < -0.39 is 4.92 Å². The SMILES string of the molecule is CCc1ccccc1Oc1ccc(CO)cc1[N+](=O)[O-]. The van der Waals surface area contributed by atoms with Crippen LogP contribution in [-0.2, 0) is 13.0 Å². The Morgan fingerprint density at radius 2 is 1.95 bits per heavy atom. The summed E-state index contributed by atoms with van der Waals surface area (Å²) in [5.74, 6) is 0.781. The summed E-state index contributed by atoms with van der Waals surface area (Å²) in [7, 11) is 0. The molecule has 2 aromatic carbocycles. The third-order valence-electron chi connectivity index (χ3n) is 2.98. The van der Waals surface area contributed by atoms with E-state index in [9.17, 15) is 10.1 Å². The number of ether oxygens (including phenoxy) is 1. The molecule has 0 amide bonds. The van der Waals surface area contributed by atoms with E-state index in [1.165, 1.54) is 12.1 Å². The molecule has 0 radical (unpaired) electrons. The van der Waals surface area contributed by atoms with Crippen molar-refractivity contribution in [1.29, 1.82) is 0 Å². The molecule has 104 valence electrons. The van der Waals surface area contributed by atoms with Crippen molar-refractivity contribution in [3.8, 4) is 11.5 Å². The van der Waals surface area contributed by atoms with Gasteiger partial charge in [-0.15, -0.1) is 0 Å². The Labute approximate surface area is 116 Å². The number of benzene rings is 2. The monoisotopic (exact) mass is 273 g/mol. The van der Waals surface area contributed by atoms with Gasteiger partial charge in [-0.3, -0.25) is 10.1 Å². The van der Waals surface area contributed by atoms with Crippen LogP contribution in [0.15, 0.2) is 42.5 Å². The second-order valence-corrected chi connectivity index (χ2v) is 4.28. The maximum absolute atomic E-state index is 11.1. The van der Waals surface area contributed by atoms with Gasteiger partial charge in [0.1, 0.15) is 5.75 Å². The molecule has 0 atom stereocenters. The first-order chi connectivity index (χ1) is 9.65. The molecule has 5 nitrogen and oxygen atoms in total.